The van der Waals surface area contributed by atoms with E-state index in [1.54, 1.807) is 24.8 Å². The number of H-pyrrole nitrogens is 2. The molecule has 0 aliphatic carbocycles. The maximum Gasteiger partial charge on any atom is 0.124 e. The zero-order valence-corrected chi connectivity index (χ0v) is 22.1. The number of nitrogens with zero attached hydrogens (tertiary/aromatic N) is 4. The Hall–Kier alpha value is -4.34. The molecule has 0 bridgehead atoms. The van der Waals surface area contributed by atoms with E-state index in [2.05, 4.69) is 53.2 Å². The summed E-state index contributed by atoms with van der Waals surface area (Å²) in [6.07, 6.45) is 12.5. The molecule has 1 aromatic carbocycles. The number of allylic oxidation sites excluding steroid dienone is 1. The van der Waals surface area contributed by atoms with Crippen molar-refractivity contribution in [2.24, 2.45) is 0 Å². The van der Waals surface area contributed by atoms with E-state index >= 15 is 0 Å². The van der Waals surface area contributed by atoms with Gasteiger partial charge >= 0.3 is 0 Å². The Morgan fingerprint density at radius 1 is 1.11 bits per heavy atom. The number of rotatable bonds is 7. The Bertz CT molecular complexity index is 1880. The average molecular weight is 526 g/mol. The first kappa shape index (κ1) is 25.3. The van der Waals surface area contributed by atoms with Crippen LogP contribution in [0.15, 0.2) is 61.7 Å². The Balaban J connectivity index is 1.61. The van der Waals surface area contributed by atoms with Crippen LogP contribution >= 0.6 is 9.39 Å². The van der Waals surface area contributed by atoms with Gasteiger partial charge in [-0.05, 0) is 60.7 Å². The quantitative estimate of drug-likeness (QED) is 0.278. The number of aromatic amines is 2. The largest absolute Gasteiger partial charge is 0.353 e. The van der Waals surface area contributed by atoms with Crippen molar-refractivity contribution in [2.75, 3.05) is 6.26 Å². The van der Waals surface area contributed by atoms with Gasteiger partial charge in [0.15, 0.2) is 0 Å². The van der Waals surface area contributed by atoms with Gasteiger partial charge in [0.1, 0.15) is 11.5 Å². The molecule has 0 aliphatic rings. The Labute approximate surface area is 220 Å². The first-order valence-corrected chi connectivity index (χ1v) is 14.2. The molecule has 192 valence electrons. The second-order valence-electron chi connectivity index (χ2n) is 9.20. The van der Waals surface area contributed by atoms with E-state index in [-0.39, 0.29) is 5.82 Å². The third kappa shape index (κ3) is 5.34. The summed E-state index contributed by atoms with van der Waals surface area (Å²) in [4.78, 5) is 16.5. The van der Waals surface area contributed by atoms with Crippen molar-refractivity contribution in [3.63, 3.8) is 0 Å². The zero-order valence-electron chi connectivity index (χ0n) is 21.3. The van der Waals surface area contributed by atoms with E-state index in [4.69, 9.17) is 0 Å². The fraction of sp³-hybridized carbons (Fsp3) is 0.103. The molecular formula is C29H28FN7S. The lowest BCUT2D eigenvalue weighted by Crippen LogP contribution is -2.23. The van der Waals surface area contributed by atoms with Gasteiger partial charge in [-0.3, -0.25) is 24.8 Å². The predicted octanol–water partition coefficient (Wildman–Crippen LogP) is 4.15. The highest BCUT2D eigenvalue weighted by molar-refractivity contribution is 8.25. The summed E-state index contributed by atoms with van der Waals surface area (Å²) in [5, 5.41) is 10.3. The molecule has 0 fully saturated rings. The molecule has 0 saturated heterocycles. The van der Waals surface area contributed by atoms with Crippen molar-refractivity contribution >= 4 is 49.8 Å². The fourth-order valence-electron chi connectivity index (χ4n) is 4.21. The smallest absolute Gasteiger partial charge is 0.124 e. The van der Waals surface area contributed by atoms with Crippen molar-refractivity contribution in [3.8, 4) is 22.6 Å². The Morgan fingerprint density at radius 2 is 1.95 bits per heavy atom. The second kappa shape index (κ2) is 10.2. The average Bonchev–Trinajstić information content (AvgIpc) is 3.50. The summed E-state index contributed by atoms with van der Waals surface area (Å²) in [6.45, 7) is 6.58. The molecule has 7 nitrogen and oxygen atoms in total. The van der Waals surface area contributed by atoms with Gasteiger partial charge in [0.05, 0.1) is 28.6 Å². The van der Waals surface area contributed by atoms with Crippen molar-refractivity contribution < 1.29 is 4.39 Å². The molecule has 0 radical (unpaired) electrons. The highest BCUT2D eigenvalue weighted by Crippen LogP contribution is 2.30. The minimum atomic E-state index is -1.43. The summed E-state index contributed by atoms with van der Waals surface area (Å²) in [5.74, 6) is 7.75. The molecule has 38 heavy (non-hydrogen) atoms. The van der Waals surface area contributed by atoms with Crippen molar-refractivity contribution in [3.05, 3.63) is 89.3 Å². The number of hydrogen-bond donors (Lipinski definition) is 3. The van der Waals surface area contributed by atoms with Gasteiger partial charge in [-0.2, -0.15) is 14.5 Å². The molecule has 5 aromatic rings. The van der Waals surface area contributed by atoms with E-state index in [0.29, 0.717) is 29.1 Å². The maximum absolute atomic E-state index is 14.6. The van der Waals surface area contributed by atoms with Crippen molar-refractivity contribution in [1.82, 2.24) is 34.9 Å². The van der Waals surface area contributed by atoms with Gasteiger partial charge in [-0.25, -0.2) is 4.39 Å². The number of pyridine rings is 1. The van der Waals surface area contributed by atoms with Crippen LogP contribution in [-0.2, 0) is 6.54 Å². The van der Waals surface area contributed by atoms with Crippen LogP contribution in [-0.4, -0.2) is 48.1 Å². The van der Waals surface area contributed by atoms with E-state index in [1.807, 2.05) is 43.5 Å². The van der Waals surface area contributed by atoms with Gasteiger partial charge in [0.25, 0.3) is 0 Å². The van der Waals surface area contributed by atoms with E-state index in [1.165, 1.54) is 12.1 Å². The van der Waals surface area contributed by atoms with Crippen LogP contribution in [0.3, 0.4) is 0 Å². The molecule has 0 saturated carbocycles. The SMILES string of the molecule is C=C(/C=c1/c(-c2cc3c(-c4cc(F)cc(CNS(=C)(=C)C)c4)nccc3[nH]2)n[nH]/c1=C/C)c1cnccn1. The minimum Gasteiger partial charge on any atom is -0.353 e. The molecule has 3 N–H and O–H groups in total. The van der Waals surface area contributed by atoms with Crippen LogP contribution < -0.4 is 15.3 Å². The van der Waals surface area contributed by atoms with Gasteiger partial charge in [-0.15, -0.1) is 0 Å². The lowest BCUT2D eigenvalue weighted by molar-refractivity contribution is 0.625. The van der Waals surface area contributed by atoms with Gasteiger partial charge in [0.2, 0.25) is 0 Å². The number of aromatic nitrogens is 6. The van der Waals surface area contributed by atoms with E-state index in [9.17, 15) is 4.39 Å². The lowest BCUT2D eigenvalue weighted by Gasteiger charge is -2.12. The molecule has 0 unspecified atom stereocenters. The topological polar surface area (TPSA) is 95.2 Å². The first-order valence-electron chi connectivity index (χ1n) is 11.9. The molecule has 9 heteroatoms. The summed E-state index contributed by atoms with van der Waals surface area (Å²) < 4.78 is 17.9. The molecule has 0 atom stereocenters. The normalized spacial score (nSPS) is 12.9. The molecule has 0 spiro atoms. The number of hydrogen-bond acceptors (Lipinski definition) is 5. The molecule has 0 aliphatic heterocycles. The summed E-state index contributed by atoms with van der Waals surface area (Å²) >= 11 is 0. The number of fused-ring (bicyclic) bond motifs is 1. The predicted molar refractivity (Wildman–Crippen MR) is 159 cm³/mol. The monoisotopic (exact) mass is 525 g/mol. The lowest BCUT2D eigenvalue weighted by atomic mass is 10.0. The third-order valence-electron chi connectivity index (χ3n) is 5.99. The third-order valence-corrected chi connectivity index (χ3v) is 6.83. The number of halogens is 1. The summed E-state index contributed by atoms with van der Waals surface area (Å²) in [6, 6.07) is 8.85. The van der Waals surface area contributed by atoms with Gasteiger partial charge in [-0.1, -0.05) is 24.4 Å². The molecular weight excluding hydrogens is 497 g/mol. The van der Waals surface area contributed by atoms with E-state index < -0.39 is 9.39 Å². The van der Waals surface area contributed by atoms with Crippen molar-refractivity contribution in [2.45, 2.75) is 13.5 Å². The number of nitrogens with one attached hydrogen (secondary N) is 3. The van der Waals surface area contributed by atoms with E-state index in [0.717, 1.165) is 38.4 Å². The molecule has 0 amide bonds. The highest BCUT2D eigenvalue weighted by Gasteiger charge is 2.14. The standard InChI is InChI=1S/C29H28FN7S/c1-6-24-22(11-18(2)27-17-31-9-10-32-27)29(37-36-24)26-15-23-25(35-26)7-8-33-28(23)20-12-19(13-21(30)14-20)16-34-38(3,4)5/h6-15,17,34-36H,2-4,16H2,1,5H3/b22-11+,24-6+. The molecule has 4 aromatic heterocycles. The molecule has 5 rings (SSSR count). The van der Waals surface area contributed by atoms with Crippen LogP contribution in [0.4, 0.5) is 4.39 Å². The summed E-state index contributed by atoms with van der Waals surface area (Å²) in [7, 11) is -1.43. The second-order valence-corrected chi connectivity index (χ2v) is 12.0. The number of benzene rings is 1. The van der Waals surface area contributed by atoms with Gasteiger partial charge in [0, 0.05) is 46.8 Å². The van der Waals surface area contributed by atoms with Crippen LogP contribution in [0, 0.1) is 5.82 Å². The maximum atomic E-state index is 14.6. The van der Waals surface area contributed by atoms with Crippen LogP contribution in [0.5, 0.6) is 0 Å². The van der Waals surface area contributed by atoms with Gasteiger partial charge < -0.3 is 4.98 Å². The van der Waals surface area contributed by atoms with Crippen molar-refractivity contribution in [1.29, 1.82) is 0 Å². The highest BCUT2D eigenvalue weighted by atomic mass is 32.2. The van der Waals surface area contributed by atoms with Crippen LogP contribution in [0.2, 0.25) is 0 Å². The minimum absolute atomic E-state index is 0.325. The zero-order chi connectivity index (χ0) is 26.9. The fourth-order valence-corrected chi connectivity index (χ4v) is 4.72. The Morgan fingerprint density at radius 3 is 2.68 bits per heavy atom. The Kier molecular flexibility index (Phi) is 6.79. The first-order chi connectivity index (χ1) is 18.2. The van der Waals surface area contributed by atoms with Crippen LogP contribution in [0.25, 0.3) is 51.3 Å². The van der Waals surface area contributed by atoms with Crippen LogP contribution in [0.1, 0.15) is 18.2 Å². The molecule has 4 heterocycles. The summed E-state index contributed by atoms with van der Waals surface area (Å²) in [5.41, 5.74) is 5.95.